The topological polar surface area (TPSA) is 67.9 Å². The van der Waals surface area contributed by atoms with E-state index in [-0.39, 0.29) is 30.0 Å². The lowest BCUT2D eigenvalue weighted by Crippen LogP contribution is -2.38. The maximum atomic E-state index is 13.4. The smallest absolute Gasteiger partial charge is 0.244 e. The van der Waals surface area contributed by atoms with Crippen LogP contribution in [-0.4, -0.2) is 32.6 Å². The number of para-hydroxylation sites is 1. The van der Waals surface area contributed by atoms with Gasteiger partial charge in [0.05, 0.1) is 19.9 Å². The SMILES string of the molecule is COc1ccc([C@@H]2CC(=O)N(CC(=O)Nc3ccc(C)cc3C)c3ccccc3S2)cc1OC. The third-order valence-corrected chi connectivity index (χ3v) is 7.15. The lowest BCUT2D eigenvalue weighted by Gasteiger charge is -2.22. The van der Waals surface area contributed by atoms with Gasteiger partial charge in [0.1, 0.15) is 6.54 Å². The molecule has 0 radical (unpaired) electrons. The van der Waals surface area contributed by atoms with Crippen LogP contribution in [0.2, 0.25) is 0 Å². The molecule has 1 heterocycles. The van der Waals surface area contributed by atoms with Gasteiger partial charge in [0, 0.05) is 22.3 Å². The van der Waals surface area contributed by atoms with E-state index >= 15 is 0 Å². The Morgan fingerprint density at radius 1 is 1.03 bits per heavy atom. The van der Waals surface area contributed by atoms with Gasteiger partial charge in [-0.3, -0.25) is 9.59 Å². The third-order valence-electron chi connectivity index (χ3n) is 5.82. The number of aryl methyl sites for hydroxylation is 2. The predicted molar refractivity (Wildman–Crippen MR) is 136 cm³/mol. The summed E-state index contributed by atoms with van der Waals surface area (Å²) in [6.07, 6.45) is 0.256. The minimum atomic E-state index is -0.232. The van der Waals surface area contributed by atoms with Crippen LogP contribution in [0.1, 0.15) is 28.4 Å². The number of ether oxygens (including phenoxy) is 2. The molecule has 0 unspecified atom stereocenters. The van der Waals surface area contributed by atoms with Gasteiger partial charge in [0.15, 0.2) is 11.5 Å². The van der Waals surface area contributed by atoms with Crippen LogP contribution < -0.4 is 19.7 Å². The fourth-order valence-corrected chi connectivity index (χ4v) is 5.35. The van der Waals surface area contributed by atoms with Gasteiger partial charge in [-0.25, -0.2) is 0 Å². The summed E-state index contributed by atoms with van der Waals surface area (Å²) in [6, 6.07) is 19.3. The first-order valence-corrected chi connectivity index (χ1v) is 11.9. The second-order valence-corrected chi connectivity index (χ2v) is 9.48. The van der Waals surface area contributed by atoms with E-state index in [1.165, 1.54) is 0 Å². The van der Waals surface area contributed by atoms with Crippen LogP contribution >= 0.6 is 11.8 Å². The van der Waals surface area contributed by atoms with Gasteiger partial charge in [0.25, 0.3) is 0 Å². The van der Waals surface area contributed by atoms with Crippen LogP contribution in [0.15, 0.2) is 65.6 Å². The van der Waals surface area contributed by atoms with Gasteiger partial charge in [-0.05, 0) is 55.3 Å². The van der Waals surface area contributed by atoms with Gasteiger partial charge < -0.3 is 19.7 Å². The van der Waals surface area contributed by atoms with Gasteiger partial charge in [0.2, 0.25) is 11.8 Å². The van der Waals surface area contributed by atoms with E-state index < -0.39 is 0 Å². The molecule has 0 saturated carbocycles. The van der Waals surface area contributed by atoms with Gasteiger partial charge >= 0.3 is 0 Å². The molecule has 2 amide bonds. The van der Waals surface area contributed by atoms with E-state index in [0.29, 0.717) is 11.5 Å². The number of nitrogens with zero attached hydrogens (tertiary/aromatic N) is 1. The normalized spacial score (nSPS) is 15.4. The Labute approximate surface area is 204 Å². The van der Waals surface area contributed by atoms with Crippen molar-refractivity contribution in [1.82, 2.24) is 0 Å². The predicted octanol–water partition coefficient (Wildman–Crippen LogP) is 5.53. The highest BCUT2D eigenvalue weighted by molar-refractivity contribution is 7.99. The minimum Gasteiger partial charge on any atom is -0.493 e. The number of nitrogens with one attached hydrogen (secondary N) is 1. The molecule has 0 aromatic heterocycles. The fraction of sp³-hybridized carbons (Fsp3) is 0.259. The first kappa shape index (κ1) is 23.7. The highest BCUT2D eigenvalue weighted by Gasteiger charge is 2.31. The summed E-state index contributed by atoms with van der Waals surface area (Å²) in [5, 5.41) is 2.83. The van der Waals surface area contributed by atoms with Crippen molar-refractivity contribution in [3.8, 4) is 11.5 Å². The minimum absolute atomic E-state index is 0.0532. The number of hydrogen-bond acceptors (Lipinski definition) is 5. The molecule has 1 N–H and O–H groups in total. The molecule has 0 saturated heterocycles. The highest BCUT2D eigenvalue weighted by Crippen LogP contribution is 2.46. The molecule has 3 aromatic rings. The molecule has 1 aliphatic heterocycles. The molecule has 1 atom stereocenters. The molecular weight excluding hydrogens is 448 g/mol. The van der Waals surface area contributed by atoms with Gasteiger partial charge in [-0.15, -0.1) is 11.8 Å². The zero-order valence-corrected chi connectivity index (χ0v) is 20.6. The molecule has 0 bridgehead atoms. The van der Waals surface area contributed by atoms with Crippen LogP contribution in [0.25, 0.3) is 0 Å². The fourth-order valence-electron chi connectivity index (χ4n) is 4.08. The molecule has 176 valence electrons. The van der Waals surface area contributed by atoms with E-state index in [1.54, 1.807) is 30.9 Å². The Bertz CT molecular complexity index is 1230. The van der Waals surface area contributed by atoms with Crippen molar-refractivity contribution in [2.75, 3.05) is 31.0 Å². The Balaban J connectivity index is 1.60. The number of methoxy groups -OCH3 is 2. The van der Waals surface area contributed by atoms with Crippen molar-refractivity contribution in [3.05, 3.63) is 77.4 Å². The monoisotopic (exact) mass is 476 g/mol. The quantitative estimate of drug-likeness (QED) is 0.507. The number of amides is 2. The average molecular weight is 477 g/mol. The van der Waals surface area contributed by atoms with Crippen molar-refractivity contribution in [2.24, 2.45) is 0 Å². The molecule has 0 fully saturated rings. The van der Waals surface area contributed by atoms with Crippen LogP contribution in [-0.2, 0) is 9.59 Å². The first-order chi connectivity index (χ1) is 16.4. The number of fused-ring (bicyclic) bond motifs is 1. The molecule has 3 aromatic carbocycles. The number of hydrogen-bond donors (Lipinski definition) is 1. The lowest BCUT2D eigenvalue weighted by molar-refractivity contribution is -0.121. The van der Waals surface area contributed by atoms with Gasteiger partial charge in [-0.2, -0.15) is 0 Å². The number of anilines is 2. The average Bonchev–Trinajstić information content (AvgIpc) is 2.97. The van der Waals surface area contributed by atoms with Crippen molar-refractivity contribution in [3.63, 3.8) is 0 Å². The summed E-state index contributed by atoms with van der Waals surface area (Å²) in [7, 11) is 3.19. The summed E-state index contributed by atoms with van der Waals surface area (Å²) in [5.74, 6) is 0.925. The Morgan fingerprint density at radius 2 is 1.79 bits per heavy atom. The van der Waals surface area contributed by atoms with E-state index in [4.69, 9.17) is 9.47 Å². The van der Waals surface area contributed by atoms with Crippen LogP contribution in [0, 0.1) is 13.8 Å². The number of carbonyl (C=O) groups is 2. The van der Waals surface area contributed by atoms with E-state index in [1.807, 2.05) is 74.5 Å². The zero-order chi connectivity index (χ0) is 24.2. The molecule has 4 rings (SSSR count). The summed E-state index contributed by atoms with van der Waals surface area (Å²) >= 11 is 1.62. The zero-order valence-electron chi connectivity index (χ0n) is 19.8. The molecule has 0 aliphatic carbocycles. The van der Waals surface area contributed by atoms with Crippen LogP contribution in [0.4, 0.5) is 11.4 Å². The Kier molecular flexibility index (Phi) is 7.12. The summed E-state index contributed by atoms with van der Waals surface area (Å²) in [5.41, 5.74) is 4.58. The van der Waals surface area contributed by atoms with E-state index in [0.717, 1.165) is 33.0 Å². The summed E-state index contributed by atoms with van der Waals surface area (Å²) in [6.45, 7) is 3.92. The van der Waals surface area contributed by atoms with Crippen molar-refractivity contribution in [1.29, 1.82) is 0 Å². The number of thioether (sulfide) groups is 1. The molecule has 0 spiro atoms. The standard InChI is InChI=1S/C27H28N2O4S/c1-17-9-11-20(18(2)13-17)28-26(30)16-29-21-7-5-6-8-24(21)34-25(15-27(29)31)19-10-12-22(32-3)23(14-19)33-4/h5-14,25H,15-16H2,1-4H3,(H,28,30)/t25-/m0/s1. The maximum absolute atomic E-state index is 13.4. The van der Waals surface area contributed by atoms with E-state index in [9.17, 15) is 9.59 Å². The summed E-state index contributed by atoms with van der Waals surface area (Å²) < 4.78 is 10.8. The van der Waals surface area contributed by atoms with Gasteiger partial charge in [-0.1, -0.05) is 35.9 Å². The van der Waals surface area contributed by atoms with Crippen LogP contribution in [0.5, 0.6) is 11.5 Å². The third kappa shape index (κ3) is 5.04. The molecular formula is C27H28N2O4S. The number of rotatable bonds is 6. The number of benzene rings is 3. The molecule has 6 nitrogen and oxygen atoms in total. The maximum Gasteiger partial charge on any atom is 0.244 e. The Morgan fingerprint density at radius 3 is 2.53 bits per heavy atom. The largest absolute Gasteiger partial charge is 0.493 e. The lowest BCUT2D eigenvalue weighted by atomic mass is 10.1. The second-order valence-electron chi connectivity index (χ2n) is 8.24. The first-order valence-electron chi connectivity index (χ1n) is 11.0. The second kappa shape index (κ2) is 10.2. The number of carbonyl (C=O) groups excluding carboxylic acids is 2. The highest BCUT2D eigenvalue weighted by atomic mass is 32.2. The van der Waals surface area contributed by atoms with E-state index in [2.05, 4.69) is 5.32 Å². The molecule has 34 heavy (non-hydrogen) atoms. The van der Waals surface area contributed by atoms with Crippen molar-refractivity contribution < 1.29 is 19.1 Å². The van der Waals surface area contributed by atoms with Crippen LogP contribution in [0.3, 0.4) is 0 Å². The Hall–Kier alpha value is -3.45. The van der Waals surface area contributed by atoms with Crippen molar-refractivity contribution >= 4 is 35.0 Å². The molecule has 1 aliphatic rings. The van der Waals surface area contributed by atoms with Crippen molar-refractivity contribution in [2.45, 2.75) is 30.4 Å². The molecule has 7 heteroatoms. The summed E-state index contributed by atoms with van der Waals surface area (Å²) in [4.78, 5) is 28.9.